The summed E-state index contributed by atoms with van der Waals surface area (Å²) in [6.07, 6.45) is 2.19. The smallest absolute Gasteiger partial charge is 0.161 e. The Morgan fingerprint density at radius 3 is 2.79 bits per heavy atom. The molecule has 0 atom stereocenters. The molecular formula is C14H12FN3O. The summed E-state index contributed by atoms with van der Waals surface area (Å²) in [7, 11) is 1.60. The average Bonchev–Trinajstić information content (AvgIpc) is 2.84. The van der Waals surface area contributed by atoms with Crippen LogP contribution in [0.25, 0.3) is 5.65 Å². The molecule has 5 heteroatoms. The van der Waals surface area contributed by atoms with E-state index in [1.165, 1.54) is 6.07 Å². The van der Waals surface area contributed by atoms with Crippen LogP contribution >= 0.6 is 0 Å². The number of nitrogens with zero attached hydrogens (tertiary/aromatic N) is 3. The van der Waals surface area contributed by atoms with Gasteiger partial charge < -0.3 is 4.74 Å². The van der Waals surface area contributed by atoms with Gasteiger partial charge >= 0.3 is 0 Å². The van der Waals surface area contributed by atoms with Gasteiger partial charge in [-0.3, -0.25) is 4.40 Å². The first kappa shape index (κ1) is 11.6. The third-order valence-electron chi connectivity index (χ3n) is 2.99. The second-order valence-corrected chi connectivity index (χ2v) is 4.18. The summed E-state index contributed by atoms with van der Waals surface area (Å²) in [5.74, 6) is 1.16. The van der Waals surface area contributed by atoms with Gasteiger partial charge in [-0.15, -0.1) is 10.2 Å². The van der Waals surface area contributed by atoms with Crippen molar-refractivity contribution in [1.82, 2.24) is 14.6 Å². The summed E-state index contributed by atoms with van der Waals surface area (Å²) in [6, 6.07) is 10.3. The molecule has 0 aliphatic rings. The summed E-state index contributed by atoms with van der Waals surface area (Å²) in [5, 5.41) is 8.15. The highest BCUT2D eigenvalue weighted by atomic mass is 19.1. The highest BCUT2D eigenvalue weighted by Crippen LogP contribution is 2.16. The lowest BCUT2D eigenvalue weighted by atomic mass is 10.1. The van der Waals surface area contributed by atoms with Crippen molar-refractivity contribution in [1.29, 1.82) is 0 Å². The van der Waals surface area contributed by atoms with E-state index in [0.29, 0.717) is 29.2 Å². The Morgan fingerprint density at radius 1 is 1.16 bits per heavy atom. The van der Waals surface area contributed by atoms with Gasteiger partial charge in [0, 0.05) is 6.42 Å². The van der Waals surface area contributed by atoms with Gasteiger partial charge in [0.2, 0.25) is 0 Å². The predicted molar refractivity (Wildman–Crippen MR) is 68.7 cm³/mol. The number of rotatable bonds is 3. The highest BCUT2D eigenvalue weighted by molar-refractivity contribution is 5.42. The van der Waals surface area contributed by atoms with E-state index < -0.39 is 0 Å². The van der Waals surface area contributed by atoms with Crippen LogP contribution in [0.3, 0.4) is 0 Å². The molecule has 0 N–H and O–H groups in total. The topological polar surface area (TPSA) is 39.4 Å². The second-order valence-electron chi connectivity index (χ2n) is 4.18. The molecule has 0 amide bonds. The lowest BCUT2D eigenvalue weighted by Crippen LogP contribution is -1.99. The first-order valence-corrected chi connectivity index (χ1v) is 5.89. The minimum absolute atomic E-state index is 0.234. The molecule has 0 aliphatic carbocycles. The average molecular weight is 257 g/mol. The van der Waals surface area contributed by atoms with E-state index in [1.807, 2.05) is 22.6 Å². The zero-order chi connectivity index (χ0) is 13.2. The van der Waals surface area contributed by atoms with Gasteiger partial charge in [0.25, 0.3) is 0 Å². The van der Waals surface area contributed by atoms with Crippen LogP contribution in [0.15, 0.2) is 42.6 Å². The summed E-state index contributed by atoms with van der Waals surface area (Å²) < 4.78 is 20.6. The van der Waals surface area contributed by atoms with Crippen molar-refractivity contribution in [2.75, 3.05) is 7.11 Å². The minimum Gasteiger partial charge on any atom is -0.495 e. The van der Waals surface area contributed by atoms with E-state index in [0.717, 1.165) is 0 Å². The number of ether oxygens (including phenoxy) is 1. The summed E-state index contributed by atoms with van der Waals surface area (Å²) in [6.45, 7) is 0. The van der Waals surface area contributed by atoms with Crippen molar-refractivity contribution < 1.29 is 9.13 Å². The third kappa shape index (κ3) is 2.14. The molecule has 0 saturated carbocycles. The number of halogens is 1. The molecule has 19 heavy (non-hydrogen) atoms. The maximum Gasteiger partial charge on any atom is 0.161 e. The molecule has 3 aromatic rings. The molecule has 4 nitrogen and oxygen atoms in total. The van der Waals surface area contributed by atoms with Crippen molar-refractivity contribution in [2.24, 2.45) is 0 Å². The van der Waals surface area contributed by atoms with Gasteiger partial charge in [0.1, 0.15) is 17.4 Å². The maximum absolute atomic E-state index is 13.6. The number of benzene rings is 1. The Balaban J connectivity index is 2.03. The van der Waals surface area contributed by atoms with E-state index in [1.54, 1.807) is 25.4 Å². The van der Waals surface area contributed by atoms with Crippen molar-refractivity contribution >= 4 is 5.65 Å². The van der Waals surface area contributed by atoms with Crippen molar-refractivity contribution in [3.05, 3.63) is 59.8 Å². The van der Waals surface area contributed by atoms with E-state index >= 15 is 0 Å². The Hall–Kier alpha value is -2.43. The lowest BCUT2D eigenvalue weighted by molar-refractivity contribution is 0.412. The molecule has 0 bridgehead atoms. The van der Waals surface area contributed by atoms with Crippen molar-refractivity contribution in [3.8, 4) is 5.75 Å². The van der Waals surface area contributed by atoms with Crippen LogP contribution in [0.2, 0.25) is 0 Å². The van der Waals surface area contributed by atoms with Crippen molar-refractivity contribution in [3.63, 3.8) is 0 Å². The third-order valence-corrected chi connectivity index (χ3v) is 2.99. The Kier molecular flexibility index (Phi) is 2.87. The van der Waals surface area contributed by atoms with Crippen LogP contribution in [0.5, 0.6) is 5.75 Å². The quantitative estimate of drug-likeness (QED) is 0.723. The van der Waals surface area contributed by atoms with Gasteiger partial charge in [0.05, 0.1) is 13.3 Å². The van der Waals surface area contributed by atoms with Gasteiger partial charge in [0.15, 0.2) is 5.65 Å². The molecule has 0 radical (unpaired) electrons. The fraction of sp³-hybridized carbons (Fsp3) is 0.143. The number of hydrogen-bond acceptors (Lipinski definition) is 3. The lowest BCUT2D eigenvalue weighted by Gasteiger charge is -2.04. The zero-order valence-electron chi connectivity index (χ0n) is 10.4. The van der Waals surface area contributed by atoms with E-state index in [2.05, 4.69) is 10.2 Å². The van der Waals surface area contributed by atoms with E-state index in [-0.39, 0.29) is 5.82 Å². The standard InChI is InChI=1S/C14H12FN3O/c1-19-11-6-7-13-16-17-14(18(13)9-11)8-10-4-2-3-5-12(10)15/h2-7,9H,8H2,1H3. The Labute approximate surface area is 109 Å². The van der Waals surface area contributed by atoms with Gasteiger partial charge in [-0.2, -0.15) is 0 Å². The summed E-state index contributed by atoms with van der Waals surface area (Å²) >= 11 is 0. The number of hydrogen-bond donors (Lipinski definition) is 0. The van der Waals surface area contributed by atoms with Crippen molar-refractivity contribution in [2.45, 2.75) is 6.42 Å². The molecule has 3 rings (SSSR count). The molecule has 2 heterocycles. The molecule has 2 aromatic heterocycles. The van der Waals surface area contributed by atoms with Crippen LogP contribution < -0.4 is 4.74 Å². The number of pyridine rings is 1. The molecule has 0 unspecified atom stereocenters. The van der Waals surface area contributed by atoms with Crippen LogP contribution in [0.4, 0.5) is 4.39 Å². The number of fused-ring (bicyclic) bond motifs is 1. The zero-order valence-corrected chi connectivity index (χ0v) is 10.4. The molecule has 1 aromatic carbocycles. The van der Waals surface area contributed by atoms with Gasteiger partial charge in [-0.25, -0.2) is 4.39 Å². The normalized spacial score (nSPS) is 10.8. The number of aromatic nitrogens is 3. The molecular weight excluding hydrogens is 245 g/mol. The van der Waals surface area contributed by atoms with Crippen LogP contribution in [-0.4, -0.2) is 21.7 Å². The second kappa shape index (κ2) is 4.68. The first-order chi connectivity index (χ1) is 9.28. The molecule has 0 spiro atoms. The largest absolute Gasteiger partial charge is 0.495 e. The fourth-order valence-electron chi connectivity index (χ4n) is 1.97. The highest BCUT2D eigenvalue weighted by Gasteiger charge is 2.09. The monoisotopic (exact) mass is 257 g/mol. The summed E-state index contributed by atoms with van der Waals surface area (Å²) in [4.78, 5) is 0. The maximum atomic E-state index is 13.6. The molecule has 0 saturated heterocycles. The predicted octanol–water partition coefficient (Wildman–Crippen LogP) is 2.47. The molecule has 0 aliphatic heterocycles. The van der Waals surface area contributed by atoms with E-state index in [4.69, 9.17) is 4.74 Å². The fourth-order valence-corrected chi connectivity index (χ4v) is 1.97. The first-order valence-electron chi connectivity index (χ1n) is 5.89. The Bertz CT molecular complexity index is 724. The minimum atomic E-state index is -0.234. The van der Waals surface area contributed by atoms with Crippen LogP contribution in [-0.2, 0) is 6.42 Å². The van der Waals surface area contributed by atoms with Crippen LogP contribution in [0.1, 0.15) is 11.4 Å². The van der Waals surface area contributed by atoms with Gasteiger partial charge in [-0.1, -0.05) is 18.2 Å². The Morgan fingerprint density at radius 2 is 2.00 bits per heavy atom. The molecule has 96 valence electrons. The SMILES string of the molecule is COc1ccc2nnc(Cc3ccccc3F)n2c1. The van der Waals surface area contributed by atoms with Gasteiger partial charge in [-0.05, 0) is 23.8 Å². The summed E-state index contributed by atoms with van der Waals surface area (Å²) in [5.41, 5.74) is 1.31. The van der Waals surface area contributed by atoms with E-state index in [9.17, 15) is 4.39 Å². The molecule has 0 fully saturated rings. The van der Waals surface area contributed by atoms with Crippen LogP contribution in [0, 0.1) is 5.82 Å². The number of methoxy groups -OCH3 is 1.